The third kappa shape index (κ3) is 3.62. The van der Waals surface area contributed by atoms with E-state index in [2.05, 4.69) is 26.1 Å². The van der Waals surface area contributed by atoms with Crippen LogP contribution in [-0.4, -0.2) is 20.9 Å². The lowest BCUT2D eigenvalue weighted by atomic mass is 10.1. The number of likely N-dealkylation sites (tertiary alicyclic amines) is 1. The average Bonchev–Trinajstić information content (AvgIpc) is 3.25. The van der Waals surface area contributed by atoms with Gasteiger partial charge in [-0.1, -0.05) is 39.3 Å². The Morgan fingerprint density at radius 3 is 2.85 bits per heavy atom. The first-order valence-electron chi connectivity index (χ1n) is 8.34. The fourth-order valence-corrected chi connectivity index (χ4v) is 3.47. The van der Waals surface area contributed by atoms with Gasteiger partial charge in [0, 0.05) is 28.6 Å². The van der Waals surface area contributed by atoms with E-state index in [1.807, 2.05) is 0 Å². The van der Waals surface area contributed by atoms with Gasteiger partial charge in [-0.15, -0.1) is 0 Å². The Balaban J connectivity index is 1.60. The first-order valence-corrected chi connectivity index (χ1v) is 9.13. The van der Waals surface area contributed by atoms with Crippen molar-refractivity contribution in [3.8, 4) is 11.4 Å². The van der Waals surface area contributed by atoms with E-state index >= 15 is 0 Å². The Bertz CT molecular complexity index is 1010. The number of nitrogens with zero attached hydrogens (tertiary/aromatic N) is 3. The van der Waals surface area contributed by atoms with Crippen LogP contribution in [0.25, 0.3) is 11.4 Å². The van der Waals surface area contributed by atoms with E-state index < -0.39 is 17.7 Å². The van der Waals surface area contributed by atoms with Crippen LogP contribution in [0.3, 0.4) is 0 Å². The van der Waals surface area contributed by atoms with Gasteiger partial charge in [0.15, 0.2) is 0 Å². The van der Waals surface area contributed by atoms with Crippen LogP contribution in [0.15, 0.2) is 51.5 Å². The fraction of sp³-hybridized carbons (Fsp3) is 0.211. The first kappa shape index (κ1) is 17.8. The maximum absolute atomic E-state index is 14.2. The fourth-order valence-electron chi connectivity index (χ4n) is 3.14. The molecule has 8 heteroatoms. The van der Waals surface area contributed by atoms with Gasteiger partial charge in [-0.05, 0) is 30.7 Å². The van der Waals surface area contributed by atoms with E-state index in [-0.39, 0.29) is 24.2 Å². The van der Waals surface area contributed by atoms with Gasteiger partial charge in [-0.3, -0.25) is 4.79 Å². The number of carbonyl (C=O) groups excluding carboxylic acids is 1. The second-order valence-electron chi connectivity index (χ2n) is 6.28. The molecule has 1 fully saturated rings. The minimum absolute atomic E-state index is 0.104. The zero-order chi connectivity index (χ0) is 19.0. The maximum Gasteiger partial charge on any atom is 0.249 e. The number of hydrogen-bond donors (Lipinski definition) is 0. The van der Waals surface area contributed by atoms with Gasteiger partial charge in [-0.25, -0.2) is 8.78 Å². The summed E-state index contributed by atoms with van der Waals surface area (Å²) in [5.41, 5.74) is 0.892. The van der Waals surface area contributed by atoms with Crippen molar-refractivity contribution < 1.29 is 18.1 Å². The Kier molecular flexibility index (Phi) is 4.73. The molecule has 0 aliphatic carbocycles. The van der Waals surface area contributed by atoms with Gasteiger partial charge >= 0.3 is 0 Å². The van der Waals surface area contributed by atoms with Gasteiger partial charge in [-0.2, -0.15) is 4.98 Å². The second kappa shape index (κ2) is 7.19. The zero-order valence-electron chi connectivity index (χ0n) is 14.0. The van der Waals surface area contributed by atoms with Crippen molar-refractivity contribution in [3.63, 3.8) is 0 Å². The van der Waals surface area contributed by atoms with E-state index in [1.54, 1.807) is 24.3 Å². The van der Waals surface area contributed by atoms with Gasteiger partial charge < -0.3 is 9.42 Å². The third-order valence-electron chi connectivity index (χ3n) is 4.49. The summed E-state index contributed by atoms with van der Waals surface area (Å²) in [6, 6.07) is 10.2. The summed E-state index contributed by atoms with van der Waals surface area (Å²) < 4.78 is 33.5. The Morgan fingerprint density at radius 1 is 1.22 bits per heavy atom. The largest absolute Gasteiger partial charge is 0.337 e. The average molecular weight is 434 g/mol. The molecule has 0 saturated carbocycles. The third-order valence-corrected chi connectivity index (χ3v) is 4.99. The molecule has 1 aliphatic rings. The molecule has 1 atom stereocenters. The van der Waals surface area contributed by atoms with Crippen molar-refractivity contribution in [3.05, 3.63) is 70.0 Å². The lowest BCUT2D eigenvalue weighted by Gasteiger charge is -2.22. The van der Waals surface area contributed by atoms with Crippen LogP contribution in [0.4, 0.5) is 8.78 Å². The number of aromatic nitrogens is 2. The van der Waals surface area contributed by atoms with Crippen LogP contribution in [0, 0.1) is 11.6 Å². The molecule has 1 unspecified atom stereocenters. The van der Waals surface area contributed by atoms with Gasteiger partial charge in [0.25, 0.3) is 0 Å². The molecule has 0 N–H and O–H groups in total. The van der Waals surface area contributed by atoms with Crippen LogP contribution in [0.2, 0.25) is 0 Å². The molecule has 0 bridgehead atoms. The van der Waals surface area contributed by atoms with Gasteiger partial charge in [0.1, 0.15) is 17.7 Å². The van der Waals surface area contributed by atoms with E-state index in [1.165, 1.54) is 23.1 Å². The minimum Gasteiger partial charge on any atom is -0.337 e. The molecule has 0 spiro atoms. The van der Waals surface area contributed by atoms with Crippen LogP contribution in [-0.2, 0) is 11.3 Å². The first-order chi connectivity index (χ1) is 13.0. The van der Waals surface area contributed by atoms with Crippen LogP contribution in [0.5, 0.6) is 0 Å². The molecule has 1 aliphatic heterocycles. The van der Waals surface area contributed by atoms with Crippen molar-refractivity contribution in [2.24, 2.45) is 0 Å². The number of benzene rings is 2. The molecule has 3 aromatic rings. The highest BCUT2D eigenvalue weighted by Gasteiger charge is 2.36. The number of amides is 1. The summed E-state index contributed by atoms with van der Waals surface area (Å²) in [6.45, 7) is 0.111. The molecule has 5 nitrogen and oxygen atoms in total. The minimum atomic E-state index is -0.435. The molecular weight excluding hydrogens is 420 g/mol. The summed E-state index contributed by atoms with van der Waals surface area (Å²) in [7, 11) is 0. The van der Waals surface area contributed by atoms with E-state index in [0.29, 0.717) is 28.4 Å². The zero-order valence-corrected chi connectivity index (χ0v) is 15.6. The van der Waals surface area contributed by atoms with Crippen molar-refractivity contribution in [2.75, 3.05) is 0 Å². The lowest BCUT2D eigenvalue weighted by Crippen LogP contribution is -2.27. The summed E-state index contributed by atoms with van der Waals surface area (Å²) in [6.07, 6.45) is 0.822. The monoisotopic (exact) mass is 433 g/mol. The number of carbonyl (C=O) groups is 1. The van der Waals surface area contributed by atoms with Crippen molar-refractivity contribution >= 4 is 21.8 Å². The summed E-state index contributed by atoms with van der Waals surface area (Å²) in [5, 5.41) is 3.90. The quantitative estimate of drug-likeness (QED) is 0.601. The standard InChI is InChI=1S/C19H14BrF2N3O2/c20-13-5-4-12(15(22)9-13)10-25-16(6-7-17(25)26)19-23-18(24-27-19)11-2-1-3-14(21)8-11/h1-5,8-9,16H,6-7,10H2. The number of halogens is 3. The van der Waals surface area contributed by atoms with Crippen molar-refractivity contribution in [1.82, 2.24) is 15.0 Å². The predicted octanol–water partition coefficient (Wildman–Crippen LogP) is 4.64. The van der Waals surface area contributed by atoms with Crippen molar-refractivity contribution in [1.29, 1.82) is 0 Å². The molecule has 4 rings (SSSR count). The highest BCUT2D eigenvalue weighted by molar-refractivity contribution is 9.10. The van der Waals surface area contributed by atoms with Crippen LogP contribution < -0.4 is 0 Å². The smallest absolute Gasteiger partial charge is 0.249 e. The van der Waals surface area contributed by atoms with E-state index in [4.69, 9.17) is 4.52 Å². The van der Waals surface area contributed by atoms with E-state index in [9.17, 15) is 13.6 Å². The topological polar surface area (TPSA) is 59.2 Å². The summed E-state index contributed by atoms with van der Waals surface area (Å²) in [5.74, 6) is -0.389. The molecule has 2 heterocycles. The summed E-state index contributed by atoms with van der Waals surface area (Å²) >= 11 is 3.22. The SMILES string of the molecule is O=C1CCC(c2nc(-c3cccc(F)c3)no2)N1Cc1ccc(Br)cc1F. The lowest BCUT2D eigenvalue weighted by molar-refractivity contribution is -0.130. The van der Waals surface area contributed by atoms with Crippen molar-refractivity contribution in [2.45, 2.75) is 25.4 Å². The Hall–Kier alpha value is -2.61. The molecule has 2 aromatic carbocycles. The Morgan fingerprint density at radius 2 is 2.07 bits per heavy atom. The molecule has 0 radical (unpaired) electrons. The van der Waals surface area contributed by atoms with Gasteiger partial charge in [0.05, 0.1) is 0 Å². The Labute approximate surface area is 162 Å². The molecule has 27 heavy (non-hydrogen) atoms. The number of rotatable bonds is 4. The van der Waals surface area contributed by atoms with Crippen LogP contribution >= 0.6 is 15.9 Å². The predicted molar refractivity (Wildman–Crippen MR) is 96.3 cm³/mol. The highest BCUT2D eigenvalue weighted by Crippen LogP contribution is 2.34. The maximum atomic E-state index is 14.2. The molecule has 1 saturated heterocycles. The molecule has 1 aromatic heterocycles. The van der Waals surface area contributed by atoms with E-state index in [0.717, 1.165) is 0 Å². The summed E-state index contributed by atoms with van der Waals surface area (Å²) in [4.78, 5) is 18.2. The number of hydrogen-bond acceptors (Lipinski definition) is 4. The van der Waals surface area contributed by atoms with Crippen LogP contribution in [0.1, 0.15) is 30.3 Å². The normalized spacial score (nSPS) is 16.9. The molecular formula is C19H14BrF2N3O2. The molecule has 138 valence electrons. The highest BCUT2D eigenvalue weighted by atomic mass is 79.9. The van der Waals surface area contributed by atoms with Gasteiger partial charge in [0.2, 0.25) is 17.6 Å². The molecule has 1 amide bonds. The second-order valence-corrected chi connectivity index (χ2v) is 7.19.